The monoisotopic (exact) mass is 141 g/mol. The van der Waals surface area contributed by atoms with Crippen LogP contribution < -0.4 is 5.32 Å². The van der Waals surface area contributed by atoms with Gasteiger partial charge in [-0.3, -0.25) is 4.79 Å². The van der Waals surface area contributed by atoms with E-state index < -0.39 is 5.54 Å². The van der Waals surface area contributed by atoms with Crippen LogP contribution in [-0.4, -0.2) is 17.7 Å². The van der Waals surface area contributed by atoms with E-state index in [1.54, 1.807) is 0 Å². The summed E-state index contributed by atoms with van der Waals surface area (Å²) in [5.41, 5.74) is -0.494. The fourth-order valence-corrected chi connectivity index (χ4v) is 1.18. The van der Waals surface area contributed by atoms with Crippen molar-refractivity contribution in [3.05, 3.63) is 0 Å². The van der Waals surface area contributed by atoms with Crippen molar-refractivity contribution in [2.24, 2.45) is 0 Å². The molecule has 3 heteroatoms. The normalized spacial score (nSPS) is 20.9. The smallest absolute Gasteiger partial charge is 0.217 e. The molecule has 0 aliphatic heterocycles. The van der Waals surface area contributed by atoms with Crippen molar-refractivity contribution in [3.8, 4) is 0 Å². The summed E-state index contributed by atoms with van der Waals surface area (Å²) in [6.45, 7) is 1.43. The molecule has 1 saturated carbocycles. The van der Waals surface area contributed by atoms with Crippen molar-refractivity contribution in [1.82, 2.24) is 5.32 Å². The van der Waals surface area contributed by atoms with E-state index in [-0.39, 0.29) is 5.91 Å². The predicted octanol–water partition coefficient (Wildman–Crippen LogP) is 0.244. The van der Waals surface area contributed by atoms with Gasteiger partial charge in [-0.1, -0.05) is 0 Å². The molecular weight excluding hydrogens is 130 g/mol. The minimum Gasteiger partial charge on any atom is -0.344 e. The van der Waals surface area contributed by atoms with E-state index in [4.69, 9.17) is 0 Å². The number of hydrogen-bond acceptors (Lipinski definition) is 2. The summed E-state index contributed by atoms with van der Waals surface area (Å²) in [7, 11) is 0. The molecule has 0 heterocycles. The highest BCUT2D eigenvalue weighted by Crippen LogP contribution is 2.29. The van der Waals surface area contributed by atoms with Crippen molar-refractivity contribution in [2.75, 3.05) is 0 Å². The summed E-state index contributed by atoms with van der Waals surface area (Å²) in [4.78, 5) is 21.0. The van der Waals surface area contributed by atoms with E-state index in [1.165, 1.54) is 6.92 Å². The molecule has 3 nitrogen and oxygen atoms in total. The van der Waals surface area contributed by atoms with E-state index in [9.17, 15) is 9.59 Å². The van der Waals surface area contributed by atoms with Gasteiger partial charge >= 0.3 is 0 Å². The van der Waals surface area contributed by atoms with Crippen LogP contribution in [0.15, 0.2) is 0 Å². The van der Waals surface area contributed by atoms with E-state index in [1.807, 2.05) is 0 Å². The summed E-state index contributed by atoms with van der Waals surface area (Å²) < 4.78 is 0. The lowest BCUT2D eigenvalue weighted by Crippen LogP contribution is -2.54. The molecule has 0 aromatic rings. The Labute approximate surface area is 59.8 Å². The number of aldehydes is 1. The lowest BCUT2D eigenvalue weighted by Gasteiger charge is -2.36. The fourth-order valence-electron chi connectivity index (χ4n) is 1.18. The second-order valence-electron chi connectivity index (χ2n) is 2.81. The number of rotatable bonds is 2. The molecule has 1 fully saturated rings. The lowest BCUT2D eigenvalue weighted by atomic mass is 9.78. The molecule has 1 aliphatic rings. The first kappa shape index (κ1) is 7.25. The minimum absolute atomic E-state index is 0.119. The van der Waals surface area contributed by atoms with Crippen LogP contribution in [0.2, 0.25) is 0 Å². The van der Waals surface area contributed by atoms with Crippen molar-refractivity contribution in [1.29, 1.82) is 0 Å². The highest BCUT2D eigenvalue weighted by atomic mass is 16.2. The first-order valence-electron chi connectivity index (χ1n) is 3.44. The van der Waals surface area contributed by atoms with Crippen LogP contribution in [0.25, 0.3) is 0 Å². The third-order valence-corrected chi connectivity index (χ3v) is 1.90. The summed E-state index contributed by atoms with van der Waals surface area (Å²) in [6.07, 6.45) is 3.49. The van der Waals surface area contributed by atoms with Crippen LogP contribution in [0.4, 0.5) is 0 Å². The number of nitrogens with one attached hydrogen (secondary N) is 1. The maximum Gasteiger partial charge on any atom is 0.217 e. The average Bonchev–Trinajstić information content (AvgIpc) is 1.78. The van der Waals surface area contributed by atoms with Gasteiger partial charge in [-0.05, 0) is 19.3 Å². The highest BCUT2D eigenvalue weighted by molar-refractivity contribution is 5.80. The Morgan fingerprint density at radius 3 is 2.30 bits per heavy atom. The van der Waals surface area contributed by atoms with E-state index >= 15 is 0 Å². The van der Waals surface area contributed by atoms with Gasteiger partial charge in [0.15, 0.2) is 0 Å². The van der Waals surface area contributed by atoms with E-state index in [2.05, 4.69) is 5.32 Å². The molecule has 0 atom stereocenters. The number of amides is 1. The zero-order valence-corrected chi connectivity index (χ0v) is 6.02. The summed E-state index contributed by atoms with van der Waals surface area (Å²) in [5.74, 6) is -0.119. The Balaban J connectivity index is 2.48. The number of carbonyl (C=O) groups is 2. The third-order valence-electron chi connectivity index (χ3n) is 1.90. The molecule has 0 aromatic carbocycles. The van der Waals surface area contributed by atoms with Gasteiger partial charge in [-0.2, -0.15) is 0 Å². The molecule has 1 N–H and O–H groups in total. The largest absolute Gasteiger partial charge is 0.344 e. The molecule has 1 rings (SSSR count). The van der Waals surface area contributed by atoms with Gasteiger partial charge < -0.3 is 10.1 Å². The summed E-state index contributed by atoms with van der Waals surface area (Å²) >= 11 is 0. The predicted molar refractivity (Wildman–Crippen MR) is 36.5 cm³/mol. The number of hydrogen-bond donors (Lipinski definition) is 1. The average molecular weight is 141 g/mol. The molecule has 1 amide bonds. The Hall–Kier alpha value is -0.860. The van der Waals surface area contributed by atoms with Crippen LogP contribution in [0.5, 0.6) is 0 Å². The van der Waals surface area contributed by atoms with Crippen LogP contribution in [-0.2, 0) is 9.59 Å². The van der Waals surface area contributed by atoms with Crippen LogP contribution in [0.3, 0.4) is 0 Å². The molecule has 0 unspecified atom stereocenters. The minimum atomic E-state index is -0.494. The summed E-state index contributed by atoms with van der Waals surface area (Å²) in [5, 5.41) is 2.64. The van der Waals surface area contributed by atoms with Crippen LogP contribution >= 0.6 is 0 Å². The first-order valence-corrected chi connectivity index (χ1v) is 3.44. The van der Waals surface area contributed by atoms with Gasteiger partial charge in [0.1, 0.15) is 6.29 Å². The lowest BCUT2D eigenvalue weighted by molar-refractivity contribution is -0.127. The fraction of sp³-hybridized carbons (Fsp3) is 0.714. The number of carbonyl (C=O) groups excluding carboxylic acids is 2. The zero-order valence-electron chi connectivity index (χ0n) is 6.02. The quantitative estimate of drug-likeness (QED) is 0.560. The van der Waals surface area contributed by atoms with Crippen molar-refractivity contribution in [2.45, 2.75) is 31.7 Å². The molecule has 0 spiro atoms. The Kier molecular flexibility index (Phi) is 1.74. The van der Waals surface area contributed by atoms with Gasteiger partial charge in [0.2, 0.25) is 5.91 Å². The van der Waals surface area contributed by atoms with Gasteiger partial charge in [0.05, 0.1) is 5.54 Å². The first-order chi connectivity index (χ1) is 4.68. The van der Waals surface area contributed by atoms with Crippen LogP contribution in [0.1, 0.15) is 26.2 Å². The van der Waals surface area contributed by atoms with Gasteiger partial charge in [0.25, 0.3) is 0 Å². The second kappa shape index (κ2) is 2.40. The highest BCUT2D eigenvalue weighted by Gasteiger charge is 2.37. The molecule has 0 aromatic heterocycles. The summed E-state index contributed by atoms with van der Waals surface area (Å²) in [6, 6.07) is 0. The second-order valence-corrected chi connectivity index (χ2v) is 2.81. The topological polar surface area (TPSA) is 46.2 Å². The van der Waals surface area contributed by atoms with Gasteiger partial charge in [0, 0.05) is 6.92 Å². The molecule has 1 aliphatic carbocycles. The van der Waals surface area contributed by atoms with E-state index in [0.29, 0.717) is 0 Å². The Bertz CT molecular complexity index is 161. The zero-order chi connectivity index (χ0) is 7.61. The van der Waals surface area contributed by atoms with Crippen molar-refractivity contribution >= 4 is 12.2 Å². The maximum atomic E-state index is 10.5. The standard InChI is InChI=1S/C7H11NO2/c1-6(10)8-7(5-9)3-2-4-7/h5H,2-4H2,1H3,(H,8,10). The van der Waals surface area contributed by atoms with Crippen LogP contribution in [0, 0.1) is 0 Å². The van der Waals surface area contributed by atoms with Crippen molar-refractivity contribution in [3.63, 3.8) is 0 Å². The molecular formula is C7H11NO2. The molecule has 0 bridgehead atoms. The Morgan fingerprint density at radius 2 is 2.20 bits per heavy atom. The molecule has 10 heavy (non-hydrogen) atoms. The van der Waals surface area contributed by atoms with Crippen molar-refractivity contribution < 1.29 is 9.59 Å². The van der Waals surface area contributed by atoms with Gasteiger partial charge in [-0.15, -0.1) is 0 Å². The van der Waals surface area contributed by atoms with Gasteiger partial charge in [-0.25, -0.2) is 0 Å². The Morgan fingerprint density at radius 1 is 1.60 bits per heavy atom. The van der Waals surface area contributed by atoms with E-state index in [0.717, 1.165) is 25.5 Å². The third kappa shape index (κ3) is 1.17. The molecule has 0 radical (unpaired) electrons. The molecule has 56 valence electrons. The SMILES string of the molecule is CC(=O)NC1(C=O)CCC1. The maximum absolute atomic E-state index is 10.5. The molecule has 0 saturated heterocycles.